The van der Waals surface area contributed by atoms with Gasteiger partial charge in [-0.15, -0.1) is 4.99 Å². The predicted molar refractivity (Wildman–Crippen MR) is 54.7 cm³/mol. The molecule has 0 bridgehead atoms. The average molecular weight is 205 g/mol. The number of ether oxygens (including phenoxy) is 1. The normalized spacial score (nSPS) is 9.13. The van der Waals surface area contributed by atoms with E-state index in [-0.39, 0.29) is 0 Å². The number of benzene rings is 1. The predicted octanol–water partition coefficient (Wildman–Crippen LogP) is 1.95. The third-order valence-electron chi connectivity index (χ3n) is 1.70. The molecule has 0 saturated carbocycles. The van der Waals surface area contributed by atoms with Crippen LogP contribution in [0.3, 0.4) is 0 Å². The minimum Gasteiger partial charge on any atom is -0.494 e. The van der Waals surface area contributed by atoms with Crippen LogP contribution in [0.4, 0.5) is 0 Å². The first-order valence-corrected chi connectivity index (χ1v) is 4.63. The van der Waals surface area contributed by atoms with Gasteiger partial charge in [0.15, 0.2) is 0 Å². The highest BCUT2D eigenvalue weighted by atomic mass is 16.5. The van der Waals surface area contributed by atoms with Gasteiger partial charge in [-0.1, -0.05) is 13.0 Å². The molecule has 0 fully saturated rings. The smallest absolute Gasteiger partial charge is 0.287 e. The monoisotopic (exact) mass is 205 g/mol. The maximum atomic E-state index is 11.2. The van der Waals surface area contributed by atoms with Crippen LogP contribution in [-0.2, 0) is 4.79 Å². The molecule has 0 atom stereocenters. The summed E-state index contributed by atoms with van der Waals surface area (Å²) in [6.45, 7) is 2.58. The fraction of sp³-hybridized carbons (Fsp3) is 0.273. The van der Waals surface area contributed by atoms with E-state index in [2.05, 4.69) is 4.99 Å². The van der Waals surface area contributed by atoms with Crippen molar-refractivity contribution in [2.45, 2.75) is 13.3 Å². The van der Waals surface area contributed by atoms with Crippen molar-refractivity contribution in [3.8, 4) is 5.75 Å². The van der Waals surface area contributed by atoms with Crippen LogP contribution in [0.15, 0.2) is 29.3 Å². The topological polar surface area (TPSA) is 55.7 Å². The lowest BCUT2D eigenvalue weighted by Gasteiger charge is -2.04. The lowest BCUT2D eigenvalue weighted by atomic mass is 10.2. The summed E-state index contributed by atoms with van der Waals surface area (Å²) in [4.78, 5) is 24.1. The maximum Gasteiger partial charge on any atom is 0.287 e. The zero-order valence-corrected chi connectivity index (χ0v) is 8.40. The fourth-order valence-electron chi connectivity index (χ4n) is 1.04. The van der Waals surface area contributed by atoms with E-state index in [9.17, 15) is 9.59 Å². The minimum absolute atomic E-state index is 0.326. The highest BCUT2D eigenvalue weighted by molar-refractivity contribution is 5.97. The van der Waals surface area contributed by atoms with Crippen LogP contribution in [-0.4, -0.2) is 18.6 Å². The molecule has 0 spiro atoms. The molecule has 1 amide bonds. The van der Waals surface area contributed by atoms with Crippen LogP contribution in [0, 0.1) is 0 Å². The Labute approximate surface area is 87.6 Å². The van der Waals surface area contributed by atoms with Gasteiger partial charge in [-0.25, -0.2) is 4.79 Å². The van der Waals surface area contributed by atoms with E-state index in [1.54, 1.807) is 24.3 Å². The van der Waals surface area contributed by atoms with Crippen LogP contribution in [0.1, 0.15) is 23.7 Å². The number of hydrogen-bond donors (Lipinski definition) is 0. The Morgan fingerprint density at radius 2 is 2.33 bits per heavy atom. The van der Waals surface area contributed by atoms with Crippen LogP contribution < -0.4 is 4.74 Å². The highest BCUT2D eigenvalue weighted by Gasteiger charge is 2.04. The number of nitrogens with zero attached hydrogens (tertiary/aromatic N) is 1. The number of hydrogen-bond acceptors (Lipinski definition) is 3. The largest absolute Gasteiger partial charge is 0.494 e. The second-order valence-corrected chi connectivity index (χ2v) is 2.88. The van der Waals surface area contributed by atoms with Crippen molar-refractivity contribution < 1.29 is 14.3 Å². The highest BCUT2D eigenvalue weighted by Crippen LogP contribution is 2.14. The maximum absolute atomic E-state index is 11.2. The summed E-state index contributed by atoms with van der Waals surface area (Å²) in [7, 11) is 0. The number of amides is 1. The summed E-state index contributed by atoms with van der Waals surface area (Å²) in [5.74, 6) is -0.00394. The van der Waals surface area contributed by atoms with E-state index >= 15 is 0 Å². The van der Waals surface area contributed by atoms with Gasteiger partial charge < -0.3 is 4.74 Å². The lowest BCUT2D eigenvalue weighted by Crippen LogP contribution is -1.98. The van der Waals surface area contributed by atoms with Gasteiger partial charge in [0.05, 0.1) is 6.61 Å². The molecule has 1 aromatic rings. The van der Waals surface area contributed by atoms with Gasteiger partial charge in [0.2, 0.25) is 6.08 Å². The molecular weight excluding hydrogens is 194 g/mol. The first-order chi connectivity index (χ1) is 7.27. The van der Waals surface area contributed by atoms with E-state index in [1.807, 2.05) is 6.92 Å². The van der Waals surface area contributed by atoms with E-state index in [0.717, 1.165) is 6.42 Å². The number of rotatable bonds is 4. The second kappa shape index (κ2) is 5.73. The molecule has 0 aliphatic heterocycles. The Morgan fingerprint density at radius 3 is 3.00 bits per heavy atom. The third-order valence-corrected chi connectivity index (χ3v) is 1.70. The summed E-state index contributed by atoms with van der Waals surface area (Å²) in [6, 6.07) is 6.55. The van der Waals surface area contributed by atoms with Crippen molar-refractivity contribution in [1.29, 1.82) is 0 Å². The van der Waals surface area contributed by atoms with E-state index in [4.69, 9.17) is 4.74 Å². The Kier molecular flexibility index (Phi) is 4.26. The third kappa shape index (κ3) is 3.37. The van der Waals surface area contributed by atoms with Gasteiger partial charge in [0.25, 0.3) is 5.91 Å². The van der Waals surface area contributed by atoms with Crippen molar-refractivity contribution in [2.24, 2.45) is 4.99 Å². The van der Waals surface area contributed by atoms with Crippen molar-refractivity contribution in [2.75, 3.05) is 6.61 Å². The van der Waals surface area contributed by atoms with Crippen molar-refractivity contribution in [3.63, 3.8) is 0 Å². The van der Waals surface area contributed by atoms with E-state index in [1.165, 1.54) is 6.08 Å². The molecule has 0 N–H and O–H groups in total. The van der Waals surface area contributed by atoms with Gasteiger partial charge >= 0.3 is 0 Å². The summed E-state index contributed by atoms with van der Waals surface area (Å²) < 4.78 is 5.33. The Hall–Kier alpha value is -1.93. The molecule has 0 aromatic heterocycles. The van der Waals surface area contributed by atoms with Gasteiger partial charge in [0, 0.05) is 5.56 Å². The summed E-state index contributed by atoms with van der Waals surface area (Å²) >= 11 is 0. The number of carbonyl (C=O) groups excluding carboxylic acids is 2. The Bertz CT molecular complexity index is 395. The average Bonchev–Trinajstić information content (AvgIpc) is 2.27. The van der Waals surface area contributed by atoms with Crippen LogP contribution in [0.2, 0.25) is 0 Å². The molecule has 0 unspecified atom stereocenters. The van der Waals surface area contributed by atoms with E-state index < -0.39 is 5.91 Å². The zero-order valence-electron chi connectivity index (χ0n) is 8.40. The standard InChI is InChI=1S/C11H11NO3/c1-2-6-15-10-5-3-4-9(7-10)11(14)12-8-13/h3-5,7H,2,6H2,1H3. The molecule has 0 aliphatic rings. The molecule has 4 heteroatoms. The van der Waals surface area contributed by atoms with Crippen molar-refractivity contribution in [3.05, 3.63) is 29.8 Å². The number of isocyanates is 1. The summed E-state index contributed by atoms with van der Waals surface area (Å²) in [5.41, 5.74) is 0.326. The lowest BCUT2D eigenvalue weighted by molar-refractivity contribution is 0.100. The Morgan fingerprint density at radius 1 is 1.53 bits per heavy atom. The van der Waals surface area contributed by atoms with Gasteiger partial charge in [-0.2, -0.15) is 0 Å². The first kappa shape index (κ1) is 11.1. The molecule has 0 radical (unpaired) electrons. The number of aliphatic imine (C=N–C) groups is 1. The quantitative estimate of drug-likeness (QED) is 0.557. The first-order valence-electron chi connectivity index (χ1n) is 4.63. The van der Waals surface area contributed by atoms with Gasteiger partial charge in [0.1, 0.15) is 5.75 Å². The van der Waals surface area contributed by atoms with E-state index in [0.29, 0.717) is 17.9 Å². The molecule has 0 heterocycles. The van der Waals surface area contributed by atoms with Crippen molar-refractivity contribution >= 4 is 12.0 Å². The minimum atomic E-state index is -0.605. The molecular formula is C11H11NO3. The molecule has 15 heavy (non-hydrogen) atoms. The van der Waals surface area contributed by atoms with Crippen molar-refractivity contribution in [1.82, 2.24) is 0 Å². The SMILES string of the molecule is CCCOc1cccc(C(=O)N=C=O)c1. The fourth-order valence-corrected chi connectivity index (χ4v) is 1.04. The molecule has 1 aromatic carbocycles. The number of carbonyl (C=O) groups is 1. The summed E-state index contributed by atoms with van der Waals surface area (Å²) in [6.07, 6.45) is 2.11. The molecule has 1 rings (SSSR count). The molecule has 0 saturated heterocycles. The van der Waals surface area contributed by atoms with Crippen LogP contribution >= 0.6 is 0 Å². The van der Waals surface area contributed by atoms with Crippen LogP contribution in [0.25, 0.3) is 0 Å². The summed E-state index contributed by atoms with van der Waals surface area (Å²) in [5, 5.41) is 0. The van der Waals surface area contributed by atoms with Gasteiger partial charge in [-0.3, -0.25) is 4.79 Å². The molecule has 0 aliphatic carbocycles. The van der Waals surface area contributed by atoms with Gasteiger partial charge in [-0.05, 0) is 24.6 Å². The second-order valence-electron chi connectivity index (χ2n) is 2.88. The Balaban J connectivity index is 2.82. The zero-order chi connectivity index (χ0) is 11.1. The molecule has 4 nitrogen and oxygen atoms in total. The van der Waals surface area contributed by atoms with Crippen LogP contribution in [0.5, 0.6) is 5.75 Å². The molecule has 78 valence electrons.